The molecule has 1 saturated heterocycles. The molecule has 0 amide bonds. The average Bonchev–Trinajstić information content (AvgIpc) is 2.13. The third-order valence-corrected chi connectivity index (χ3v) is 6.01. The van der Waals surface area contributed by atoms with Gasteiger partial charge in [0.05, 0.1) is 6.26 Å². The summed E-state index contributed by atoms with van der Waals surface area (Å²) in [7, 11) is 0.373. The molecule has 1 unspecified atom stereocenters. The molecule has 2 atom stereocenters. The molecule has 0 saturated carbocycles. The lowest BCUT2D eigenvalue weighted by Crippen LogP contribution is -2.20. The zero-order valence-corrected chi connectivity index (χ0v) is 7.35. The quantitative estimate of drug-likeness (QED) is 0.534. The third kappa shape index (κ3) is 1.64. The van der Waals surface area contributed by atoms with E-state index in [-0.39, 0.29) is 0 Å². The fraction of sp³-hybridized carbons (Fsp3) is 0.833. The number of ketones is 1. The van der Waals surface area contributed by atoms with Crippen molar-refractivity contribution in [3.63, 3.8) is 0 Å². The standard InChI is InChI=1S/C6H11OS2/c1-5(7)6-8-3-4-9(6)2/h6H,3-4H2,1-2H3/q+1/t6-,9?/m1/s1. The minimum atomic E-state index is 0.338. The van der Waals surface area contributed by atoms with Crippen molar-refractivity contribution in [2.24, 2.45) is 0 Å². The first-order valence-corrected chi connectivity index (χ1v) is 5.86. The summed E-state index contributed by atoms with van der Waals surface area (Å²) in [5.41, 5.74) is 0. The van der Waals surface area contributed by atoms with Gasteiger partial charge < -0.3 is 0 Å². The number of thioether (sulfide) groups is 1. The molecular formula is C6H11OS2+. The molecule has 0 aromatic heterocycles. The molecule has 1 aliphatic heterocycles. The molecule has 1 fully saturated rings. The Morgan fingerprint density at radius 3 is 2.67 bits per heavy atom. The van der Waals surface area contributed by atoms with E-state index in [4.69, 9.17) is 0 Å². The molecule has 1 aliphatic rings. The molecule has 0 aliphatic carbocycles. The van der Waals surface area contributed by atoms with E-state index in [1.807, 2.05) is 11.8 Å². The van der Waals surface area contributed by atoms with Gasteiger partial charge in [-0.25, -0.2) is 0 Å². The molecule has 1 heterocycles. The van der Waals surface area contributed by atoms with Crippen molar-refractivity contribution in [1.29, 1.82) is 0 Å². The highest BCUT2D eigenvalue weighted by atomic mass is 32.2. The van der Waals surface area contributed by atoms with Gasteiger partial charge >= 0.3 is 0 Å². The first-order chi connectivity index (χ1) is 4.22. The van der Waals surface area contributed by atoms with Crippen LogP contribution in [0.15, 0.2) is 0 Å². The van der Waals surface area contributed by atoms with Crippen molar-refractivity contribution < 1.29 is 4.79 Å². The van der Waals surface area contributed by atoms with Crippen molar-refractivity contribution in [3.8, 4) is 0 Å². The minimum Gasteiger partial charge on any atom is -0.293 e. The summed E-state index contributed by atoms with van der Waals surface area (Å²) in [6.45, 7) is 1.70. The van der Waals surface area contributed by atoms with E-state index in [2.05, 4.69) is 6.26 Å². The number of carbonyl (C=O) groups is 1. The van der Waals surface area contributed by atoms with Gasteiger partial charge in [-0.3, -0.25) is 4.79 Å². The van der Waals surface area contributed by atoms with Crippen LogP contribution in [0.4, 0.5) is 0 Å². The highest BCUT2D eigenvalue weighted by Crippen LogP contribution is 2.26. The second-order valence-corrected chi connectivity index (χ2v) is 5.98. The number of hydrogen-bond donors (Lipinski definition) is 0. The Morgan fingerprint density at radius 2 is 2.44 bits per heavy atom. The predicted octanol–water partition coefficient (Wildman–Crippen LogP) is 0.896. The summed E-state index contributed by atoms with van der Waals surface area (Å²) in [5.74, 6) is 2.79. The van der Waals surface area contributed by atoms with Gasteiger partial charge in [0.15, 0.2) is 5.78 Å². The molecule has 0 N–H and O–H groups in total. The fourth-order valence-corrected chi connectivity index (χ4v) is 5.08. The summed E-state index contributed by atoms with van der Waals surface area (Å²) >= 11 is 1.82. The van der Waals surface area contributed by atoms with Crippen LogP contribution in [0.5, 0.6) is 0 Å². The summed E-state index contributed by atoms with van der Waals surface area (Å²) in [6.07, 6.45) is 2.19. The van der Waals surface area contributed by atoms with E-state index < -0.39 is 0 Å². The largest absolute Gasteiger partial charge is 0.293 e. The van der Waals surface area contributed by atoms with E-state index in [1.165, 1.54) is 11.5 Å². The molecular weight excluding hydrogens is 152 g/mol. The van der Waals surface area contributed by atoms with Gasteiger partial charge in [0.1, 0.15) is 5.75 Å². The van der Waals surface area contributed by atoms with Gasteiger partial charge in [-0.15, -0.1) is 0 Å². The lowest BCUT2D eigenvalue weighted by molar-refractivity contribution is -0.115. The fourth-order valence-electron chi connectivity index (χ4n) is 0.910. The van der Waals surface area contributed by atoms with Gasteiger partial charge in [-0.1, -0.05) is 11.8 Å². The Hall–Kier alpha value is 0.370. The van der Waals surface area contributed by atoms with Crippen LogP contribution >= 0.6 is 11.8 Å². The van der Waals surface area contributed by atoms with Crippen LogP contribution in [0.3, 0.4) is 0 Å². The highest BCUT2D eigenvalue weighted by molar-refractivity contribution is 8.19. The van der Waals surface area contributed by atoms with E-state index in [0.29, 0.717) is 21.3 Å². The monoisotopic (exact) mass is 163 g/mol. The molecule has 0 radical (unpaired) electrons. The lowest BCUT2D eigenvalue weighted by atomic mass is 10.5. The summed E-state index contributed by atoms with van der Waals surface area (Å²) in [6, 6.07) is 0. The average molecular weight is 163 g/mol. The normalized spacial score (nSPS) is 34.9. The Morgan fingerprint density at radius 1 is 1.78 bits per heavy atom. The number of Topliss-reactive ketones (excluding diaryl/α,β-unsaturated/α-hetero) is 1. The molecule has 0 spiro atoms. The van der Waals surface area contributed by atoms with E-state index in [9.17, 15) is 4.79 Å². The third-order valence-electron chi connectivity index (χ3n) is 1.37. The SMILES string of the molecule is CC(=O)[C@@H]1SCC[S+]1C. The van der Waals surface area contributed by atoms with Crippen LogP contribution in [0.25, 0.3) is 0 Å². The van der Waals surface area contributed by atoms with Crippen LogP contribution in [0.2, 0.25) is 0 Å². The van der Waals surface area contributed by atoms with E-state index in [0.717, 1.165) is 0 Å². The second-order valence-electron chi connectivity index (χ2n) is 2.21. The predicted molar refractivity (Wildman–Crippen MR) is 45.1 cm³/mol. The molecule has 1 rings (SSSR count). The molecule has 3 heteroatoms. The Bertz CT molecular complexity index is 124. The van der Waals surface area contributed by atoms with E-state index >= 15 is 0 Å². The topological polar surface area (TPSA) is 17.1 Å². The van der Waals surface area contributed by atoms with Crippen LogP contribution in [-0.2, 0) is 15.7 Å². The Labute approximate surface area is 62.9 Å². The Kier molecular flexibility index (Phi) is 2.47. The van der Waals surface area contributed by atoms with Gasteiger partial charge in [0.25, 0.3) is 0 Å². The van der Waals surface area contributed by atoms with Gasteiger partial charge in [-0.2, -0.15) is 0 Å². The van der Waals surface area contributed by atoms with Gasteiger partial charge in [-0.05, 0) is 0 Å². The van der Waals surface area contributed by atoms with Gasteiger partial charge in [0.2, 0.25) is 4.58 Å². The summed E-state index contributed by atoms with van der Waals surface area (Å²) < 4.78 is 0.338. The van der Waals surface area contributed by atoms with Crippen molar-refractivity contribution in [3.05, 3.63) is 0 Å². The maximum Gasteiger partial charge on any atom is 0.221 e. The maximum atomic E-state index is 10.8. The van der Waals surface area contributed by atoms with Crippen LogP contribution in [0.1, 0.15) is 6.92 Å². The lowest BCUT2D eigenvalue weighted by Gasteiger charge is -1.99. The smallest absolute Gasteiger partial charge is 0.221 e. The number of carbonyl (C=O) groups excluding carboxylic acids is 1. The van der Waals surface area contributed by atoms with E-state index in [1.54, 1.807) is 6.92 Å². The van der Waals surface area contributed by atoms with Gasteiger partial charge in [0, 0.05) is 23.6 Å². The maximum absolute atomic E-state index is 10.8. The Balaban J connectivity index is 2.49. The number of rotatable bonds is 1. The molecule has 0 aromatic carbocycles. The second kappa shape index (κ2) is 2.97. The number of hydrogen-bond acceptors (Lipinski definition) is 2. The highest BCUT2D eigenvalue weighted by Gasteiger charge is 2.36. The van der Waals surface area contributed by atoms with Crippen molar-refractivity contribution in [2.45, 2.75) is 11.5 Å². The van der Waals surface area contributed by atoms with Crippen molar-refractivity contribution >= 4 is 28.4 Å². The first-order valence-electron chi connectivity index (χ1n) is 2.95. The van der Waals surface area contributed by atoms with Crippen molar-refractivity contribution in [1.82, 2.24) is 0 Å². The molecule has 9 heavy (non-hydrogen) atoms. The minimum absolute atomic E-state index is 0.338. The zero-order valence-electron chi connectivity index (χ0n) is 5.72. The molecule has 0 bridgehead atoms. The van der Waals surface area contributed by atoms with Crippen LogP contribution in [0, 0.1) is 0 Å². The summed E-state index contributed by atoms with van der Waals surface area (Å²) in [4.78, 5) is 10.8. The zero-order chi connectivity index (χ0) is 6.85. The summed E-state index contributed by atoms with van der Waals surface area (Å²) in [5, 5.41) is 0. The molecule has 1 nitrogen and oxygen atoms in total. The molecule has 52 valence electrons. The van der Waals surface area contributed by atoms with Crippen molar-refractivity contribution in [2.75, 3.05) is 17.8 Å². The van der Waals surface area contributed by atoms with Crippen LogP contribution < -0.4 is 0 Å². The molecule has 0 aromatic rings. The first kappa shape index (κ1) is 7.48. The van der Waals surface area contributed by atoms with Crippen LogP contribution in [-0.4, -0.2) is 28.1 Å².